The molecule has 1 aromatic rings. The fourth-order valence-corrected chi connectivity index (χ4v) is 1.77. The first-order chi connectivity index (χ1) is 10.9. The number of hydrogen-bond acceptors (Lipinski definition) is 3. The zero-order valence-corrected chi connectivity index (χ0v) is 16.5. The van der Waals surface area contributed by atoms with Gasteiger partial charge < -0.3 is 9.47 Å². The van der Waals surface area contributed by atoms with Crippen LogP contribution < -0.4 is 9.47 Å². The van der Waals surface area contributed by atoms with E-state index in [2.05, 4.69) is 35.9 Å². The molecule has 24 heavy (non-hydrogen) atoms. The molecule has 0 saturated heterocycles. The van der Waals surface area contributed by atoms with E-state index in [1.54, 1.807) is 12.1 Å². The summed E-state index contributed by atoms with van der Waals surface area (Å²) in [6, 6.07) is 3.49. The van der Waals surface area contributed by atoms with Crippen molar-refractivity contribution in [1.82, 2.24) is 0 Å². The summed E-state index contributed by atoms with van der Waals surface area (Å²) in [7, 11) is 0. The summed E-state index contributed by atoms with van der Waals surface area (Å²) in [5.41, 5.74) is 0.527. The third kappa shape index (κ3) is 13.2. The van der Waals surface area contributed by atoms with Crippen LogP contribution in [0.4, 0.5) is 0 Å². The molecule has 0 aliphatic carbocycles. The van der Waals surface area contributed by atoms with Gasteiger partial charge in [-0.3, -0.25) is 4.79 Å². The number of rotatable bonds is 5. The Balaban J connectivity index is -0.000000256. The molecule has 0 aliphatic heterocycles. The van der Waals surface area contributed by atoms with E-state index in [0.29, 0.717) is 21.5 Å². The van der Waals surface area contributed by atoms with Crippen molar-refractivity contribution >= 4 is 22.2 Å². The third-order valence-corrected chi connectivity index (χ3v) is 2.75. The van der Waals surface area contributed by atoms with Crippen molar-refractivity contribution in [3.05, 3.63) is 42.1 Å². The van der Waals surface area contributed by atoms with Crippen molar-refractivity contribution in [1.29, 1.82) is 0 Å². The largest absolute Gasteiger partial charge is 0 e. The third-order valence-electron chi connectivity index (χ3n) is 1.90. The van der Waals surface area contributed by atoms with E-state index in [-0.39, 0.29) is 29.6 Å². The molecule has 0 radical (unpaired) electrons. The van der Waals surface area contributed by atoms with E-state index in [1.807, 2.05) is 27.7 Å². The summed E-state index contributed by atoms with van der Waals surface area (Å²) >= 11 is 3.36. The zero-order valence-electron chi connectivity index (χ0n) is 13.6. The summed E-state index contributed by atoms with van der Waals surface area (Å²) in [4.78, 5) is 11.0. The van der Waals surface area contributed by atoms with Gasteiger partial charge >= 0.3 is 33.9 Å². The van der Waals surface area contributed by atoms with E-state index < -0.39 is 0 Å². The van der Waals surface area contributed by atoms with Crippen molar-refractivity contribution in [2.75, 3.05) is 0 Å². The molecular weight excluding hydrogens is 420 g/mol. The molecule has 0 fully saturated rings. The molecule has 0 atom stereocenters. The topological polar surface area (TPSA) is 95.2 Å². The molecule has 0 spiro atoms. The van der Waals surface area contributed by atoms with Gasteiger partial charge in [0.25, 0.3) is 0 Å². The number of aldehydes is 1. The maximum atomic E-state index is 11.0. The molecule has 1 aromatic carbocycles. The van der Waals surface area contributed by atoms with Gasteiger partial charge in [-0.2, -0.15) is 0 Å². The van der Waals surface area contributed by atoms with Crippen LogP contribution in [0.1, 0.15) is 38.1 Å². The van der Waals surface area contributed by atoms with Gasteiger partial charge in [0.05, 0.1) is 16.7 Å². The van der Waals surface area contributed by atoms with E-state index in [1.165, 1.54) is 0 Å². The number of carbonyl (C=O) groups is 1. The molecule has 0 N–H and O–H groups in total. The molecule has 0 heterocycles. The zero-order chi connectivity index (χ0) is 19.0. The van der Waals surface area contributed by atoms with Gasteiger partial charge in [0.15, 0.2) is 6.29 Å². The number of halogens is 1. The van der Waals surface area contributed by atoms with Crippen LogP contribution in [0, 0.1) is 20.0 Å². The Morgan fingerprint density at radius 2 is 1.38 bits per heavy atom. The fraction of sp³-hybridized carbons (Fsp3) is 0.375. The van der Waals surface area contributed by atoms with E-state index >= 15 is 0 Å². The first-order valence-corrected chi connectivity index (χ1v) is 6.96. The maximum absolute atomic E-state index is 11.0. The van der Waals surface area contributed by atoms with Crippen LogP contribution in [0.2, 0.25) is 0 Å². The molecule has 8 heteroatoms. The monoisotopic (exact) mass is 436 g/mol. The molecule has 130 valence electrons. The quantitative estimate of drug-likeness (QED) is 0.399. The van der Waals surface area contributed by atoms with Gasteiger partial charge in [-0.25, -0.2) is 0 Å². The Morgan fingerprint density at radius 3 is 1.71 bits per heavy atom. The van der Waals surface area contributed by atoms with Crippen molar-refractivity contribution in [2.45, 2.75) is 39.9 Å². The molecule has 0 saturated carbocycles. The minimum absolute atomic E-state index is 0. The number of ether oxygens (including phenoxy) is 2. The van der Waals surface area contributed by atoms with Crippen LogP contribution in [0.25, 0.3) is 0 Å². The average Bonchev–Trinajstić information content (AvgIpc) is 2.55. The summed E-state index contributed by atoms with van der Waals surface area (Å²) < 4.78 is 34.4. The molecule has 0 unspecified atom stereocenters. The fourth-order valence-electron chi connectivity index (χ4n) is 1.36. The maximum Gasteiger partial charge on any atom is 0 e. The van der Waals surface area contributed by atoms with Crippen molar-refractivity contribution in [3.8, 4) is 11.5 Å². The van der Waals surface area contributed by atoms with E-state index in [9.17, 15) is 4.79 Å². The van der Waals surface area contributed by atoms with Crippen molar-refractivity contribution in [2.24, 2.45) is 0 Å². The van der Waals surface area contributed by atoms with Crippen LogP contribution in [0.3, 0.4) is 0 Å². The molecule has 0 amide bonds. The molecule has 1 rings (SSSR count). The van der Waals surface area contributed by atoms with Gasteiger partial charge in [-0.1, -0.05) is 0 Å². The second-order valence-electron chi connectivity index (χ2n) is 4.28. The summed E-state index contributed by atoms with van der Waals surface area (Å²) in [6.45, 7) is 21.2. The number of hydrogen-bond donors (Lipinski definition) is 0. The summed E-state index contributed by atoms with van der Waals surface area (Å²) in [5.74, 6) is 1.27. The number of benzene rings is 1. The Labute approximate surface area is 161 Å². The van der Waals surface area contributed by atoms with E-state index in [4.69, 9.17) is 23.4 Å². The minimum atomic E-state index is 0. The number of carbonyl (C=O) groups excluding carboxylic acids is 1. The predicted octanol–water partition coefficient (Wildman–Crippen LogP) is 3.72. The van der Waals surface area contributed by atoms with Gasteiger partial charge in [0, 0.05) is 29.0 Å². The summed E-state index contributed by atoms with van der Waals surface area (Å²) in [6.07, 6.45) is 0.882. The SMILES string of the molecule is CC(C)Oc1cc(C=O)c(Br)c(OC(C)C)c1.[C-]#[O+].[C-]#[O+].[C-]#[O+].[Cr]. The van der Waals surface area contributed by atoms with Crippen LogP contribution >= 0.6 is 15.9 Å². The van der Waals surface area contributed by atoms with Crippen LogP contribution in [0.15, 0.2) is 16.6 Å². The van der Waals surface area contributed by atoms with E-state index in [0.717, 1.165) is 6.29 Å². The van der Waals surface area contributed by atoms with Gasteiger partial charge in [-0.15, -0.1) is 0 Å². The summed E-state index contributed by atoms with van der Waals surface area (Å²) in [5, 5.41) is 0. The van der Waals surface area contributed by atoms with Crippen LogP contribution in [-0.4, -0.2) is 18.5 Å². The van der Waals surface area contributed by atoms with Crippen molar-refractivity contribution in [3.63, 3.8) is 0 Å². The molecule has 0 aromatic heterocycles. The standard InChI is InChI=1S/C13H17BrO3.3CO.Cr/c1-8(2)16-11-5-10(7-15)13(14)12(6-11)17-9(3)4;3*1-2;/h5-9H,1-4H3;;;;. The average molecular weight is 437 g/mol. The first kappa shape index (κ1) is 30.6. The van der Waals surface area contributed by atoms with Crippen LogP contribution in [0.5, 0.6) is 11.5 Å². The second-order valence-corrected chi connectivity index (χ2v) is 5.07. The van der Waals surface area contributed by atoms with Crippen molar-refractivity contribution < 1.29 is 45.6 Å². The Hall–Kier alpha value is -1.28. The molecule has 0 aliphatic rings. The first-order valence-electron chi connectivity index (χ1n) is 6.17. The van der Waals surface area contributed by atoms with Gasteiger partial charge in [-0.05, 0) is 49.7 Å². The van der Waals surface area contributed by atoms with Crippen LogP contribution in [-0.2, 0) is 31.3 Å². The van der Waals surface area contributed by atoms with Gasteiger partial charge in [0.1, 0.15) is 11.5 Å². The van der Waals surface area contributed by atoms with Gasteiger partial charge in [0.2, 0.25) is 0 Å². The minimum Gasteiger partial charge on any atom is 0 e. The smallest absolute Gasteiger partial charge is 0 e. The molecular formula is C16H17BrCrO6. The predicted molar refractivity (Wildman–Crippen MR) is 82.8 cm³/mol. The Kier molecular flexibility index (Phi) is 25.2. The normalized spacial score (nSPS) is 7.88. The second kappa shape index (κ2) is 19.8. The molecule has 0 bridgehead atoms. The Morgan fingerprint density at radius 1 is 0.958 bits per heavy atom. The molecule has 6 nitrogen and oxygen atoms in total. The Bertz CT molecular complexity index is 509.